The maximum atomic E-state index is 12.0. The monoisotopic (exact) mass is 547 g/mol. The van der Waals surface area contributed by atoms with E-state index in [-0.39, 0.29) is 36.0 Å². The van der Waals surface area contributed by atoms with E-state index < -0.39 is 16.3 Å². The lowest BCUT2D eigenvalue weighted by atomic mass is 9.86. The van der Waals surface area contributed by atoms with Crippen molar-refractivity contribution in [1.82, 2.24) is 14.6 Å². The number of carboxylic acids is 1. The minimum Gasteiger partial charge on any atom is -0.478 e. The highest BCUT2D eigenvalue weighted by Crippen LogP contribution is 2.49. The molecule has 0 spiro atoms. The van der Waals surface area contributed by atoms with Gasteiger partial charge in [-0.2, -0.15) is 13.5 Å². The molecule has 4 aromatic rings. The summed E-state index contributed by atoms with van der Waals surface area (Å²) in [6.07, 6.45) is 4.74. The molecule has 202 valence electrons. The molecule has 1 fully saturated rings. The van der Waals surface area contributed by atoms with Crippen LogP contribution in [0, 0.1) is 5.92 Å². The zero-order valence-electron chi connectivity index (χ0n) is 21.1. The molecule has 0 amide bonds. The quantitative estimate of drug-likeness (QED) is 0.299. The Hall–Kier alpha value is -3.80. The number of anilines is 1. The Morgan fingerprint density at radius 1 is 1.08 bits per heavy atom. The normalized spacial score (nSPS) is 22.7. The summed E-state index contributed by atoms with van der Waals surface area (Å²) in [5.41, 5.74) is 5.31. The fraction of sp³-hybridized carbons (Fsp3) is 0.321. The van der Waals surface area contributed by atoms with E-state index >= 15 is 0 Å². The second kappa shape index (κ2) is 10.1. The van der Waals surface area contributed by atoms with Gasteiger partial charge in [0.05, 0.1) is 18.2 Å². The topological polar surface area (TPSA) is 149 Å². The van der Waals surface area contributed by atoms with Crippen LogP contribution in [0.5, 0.6) is 0 Å². The lowest BCUT2D eigenvalue weighted by Gasteiger charge is -2.20. The van der Waals surface area contributed by atoms with E-state index in [1.54, 1.807) is 24.3 Å². The molecule has 0 aliphatic heterocycles. The third-order valence-electron chi connectivity index (χ3n) is 8.08. The highest BCUT2D eigenvalue weighted by atomic mass is 32.2. The molecule has 2 heterocycles. The number of hydrogen-bond donors (Lipinski definition) is 3. The zero-order chi connectivity index (χ0) is 27.1. The molecule has 6 rings (SSSR count). The van der Waals surface area contributed by atoms with Crippen LogP contribution in [0.3, 0.4) is 0 Å². The van der Waals surface area contributed by atoms with Gasteiger partial charge in [0.2, 0.25) is 0 Å². The summed E-state index contributed by atoms with van der Waals surface area (Å²) in [5.74, 6) is -0.774. The number of nitrogens with zero attached hydrogens (tertiary/aromatic N) is 3. The van der Waals surface area contributed by atoms with E-state index in [2.05, 4.69) is 39.7 Å². The van der Waals surface area contributed by atoms with E-state index in [1.165, 1.54) is 17.5 Å². The van der Waals surface area contributed by atoms with Crippen molar-refractivity contribution in [2.75, 3.05) is 11.9 Å². The molecule has 10 nitrogen and oxygen atoms in total. The number of benzene rings is 2. The van der Waals surface area contributed by atoms with Crippen molar-refractivity contribution in [3.8, 4) is 0 Å². The van der Waals surface area contributed by atoms with E-state index in [4.69, 9.17) is 9.32 Å². The second-order valence-electron chi connectivity index (χ2n) is 10.3. The van der Waals surface area contributed by atoms with E-state index in [9.17, 15) is 18.3 Å². The molecule has 0 bridgehead atoms. The average molecular weight is 548 g/mol. The number of aryl methyl sites for hydroxylation is 1. The molecule has 2 aromatic carbocycles. The van der Waals surface area contributed by atoms with Gasteiger partial charge >= 0.3 is 16.3 Å². The minimum absolute atomic E-state index is 0.0108. The Morgan fingerprint density at radius 3 is 2.64 bits per heavy atom. The van der Waals surface area contributed by atoms with Crippen LogP contribution in [-0.4, -0.2) is 40.7 Å². The molecule has 11 heteroatoms. The maximum absolute atomic E-state index is 12.0. The number of rotatable bonds is 8. The van der Waals surface area contributed by atoms with Crippen molar-refractivity contribution >= 4 is 27.6 Å². The average Bonchev–Trinajstić information content (AvgIpc) is 3.64. The Kier molecular flexibility index (Phi) is 6.57. The van der Waals surface area contributed by atoms with Gasteiger partial charge in [0.15, 0.2) is 5.82 Å². The first-order valence-electron chi connectivity index (χ1n) is 12.9. The fourth-order valence-electron chi connectivity index (χ4n) is 6.38. The highest BCUT2D eigenvalue weighted by Gasteiger charge is 2.39. The van der Waals surface area contributed by atoms with Crippen LogP contribution in [0.1, 0.15) is 69.9 Å². The molecule has 1 unspecified atom stereocenters. The van der Waals surface area contributed by atoms with Crippen LogP contribution in [0.15, 0.2) is 67.0 Å². The maximum Gasteiger partial charge on any atom is 0.335 e. The third-order valence-corrected chi connectivity index (χ3v) is 8.54. The largest absolute Gasteiger partial charge is 0.478 e. The number of aromatic carboxylic acids is 1. The van der Waals surface area contributed by atoms with Crippen molar-refractivity contribution in [2.24, 2.45) is 11.1 Å². The van der Waals surface area contributed by atoms with Crippen molar-refractivity contribution in [1.29, 1.82) is 0 Å². The van der Waals surface area contributed by atoms with Crippen molar-refractivity contribution in [3.05, 3.63) is 94.9 Å². The number of carbonyl (C=O) groups is 1. The summed E-state index contributed by atoms with van der Waals surface area (Å²) in [6, 6.07) is 19.5. The lowest BCUT2D eigenvalue weighted by molar-refractivity contribution is 0.0694. The Bertz CT molecular complexity index is 1650. The highest BCUT2D eigenvalue weighted by molar-refractivity contribution is 7.84. The Balaban J connectivity index is 1.31. The van der Waals surface area contributed by atoms with Gasteiger partial charge in [-0.15, -0.1) is 0 Å². The van der Waals surface area contributed by atoms with E-state index in [0.29, 0.717) is 18.4 Å². The fourth-order valence-corrected chi connectivity index (χ4v) is 6.74. The van der Waals surface area contributed by atoms with Gasteiger partial charge in [-0.05, 0) is 72.4 Å². The van der Waals surface area contributed by atoms with Gasteiger partial charge in [0, 0.05) is 11.6 Å². The van der Waals surface area contributed by atoms with E-state index in [1.807, 2.05) is 16.6 Å². The molecule has 39 heavy (non-hydrogen) atoms. The molecule has 2 aliphatic rings. The standard InChI is InChI=1S/C28H29N5O5S/c29-39(36,37)38-15-19-13-18(14-23(19)21-7-3-4-8-22(21)28(34)35)25-11-12-26-27(30-16-31-33(25)26)32-24-10-9-17-5-1-2-6-20(17)24/h1-8,11-12,16,18-19,23-24H,9-10,13-15H2,(H,34,35)(H2,29,36,37)(H,30,31,32)/t18-,19?,23-,24-/m0/s1. The van der Waals surface area contributed by atoms with Crippen LogP contribution in [0.25, 0.3) is 5.52 Å². The van der Waals surface area contributed by atoms with Gasteiger partial charge in [0.25, 0.3) is 0 Å². The predicted molar refractivity (Wildman–Crippen MR) is 145 cm³/mol. The first kappa shape index (κ1) is 25.5. The molecule has 4 N–H and O–H groups in total. The molecule has 2 aromatic heterocycles. The van der Waals surface area contributed by atoms with Crippen LogP contribution in [-0.2, 0) is 20.9 Å². The van der Waals surface area contributed by atoms with Crippen molar-refractivity contribution in [2.45, 2.75) is 43.6 Å². The zero-order valence-corrected chi connectivity index (χ0v) is 21.9. The summed E-state index contributed by atoms with van der Waals surface area (Å²) in [4.78, 5) is 16.5. The molecular formula is C28H29N5O5S. The van der Waals surface area contributed by atoms with Gasteiger partial charge in [-0.3, -0.25) is 4.18 Å². The second-order valence-corrected chi connectivity index (χ2v) is 11.5. The van der Waals surface area contributed by atoms with Crippen LogP contribution in [0.4, 0.5) is 5.82 Å². The third kappa shape index (κ3) is 5.00. The molecular weight excluding hydrogens is 518 g/mol. The summed E-state index contributed by atoms with van der Waals surface area (Å²) in [5, 5.41) is 23.1. The van der Waals surface area contributed by atoms with Crippen LogP contribution in [0.2, 0.25) is 0 Å². The number of hydrogen-bond acceptors (Lipinski definition) is 7. The SMILES string of the molecule is NS(=O)(=O)OCC1C[C@H](c2ccc3c(N[C@H]4CCc5ccccc54)ncnn23)C[C@@H]1c1ccccc1C(=O)O. The van der Waals surface area contributed by atoms with E-state index in [0.717, 1.165) is 29.9 Å². The molecule has 0 radical (unpaired) electrons. The number of nitrogens with two attached hydrogens (primary N) is 1. The first-order valence-corrected chi connectivity index (χ1v) is 14.4. The summed E-state index contributed by atoms with van der Waals surface area (Å²) in [6.45, 7) is -0.125. The van der Waals surface area contributed by atoms with Gasteiger partial charge < -0.3 is 10.4 Å². The lowest BCUT2D eigenvalue weighted by Crippen LogP contribution is -2.22. The first-order chi connectivity index (χ1) is 18.8. The smallest absolute Gasteiger partial charge is 0.335 e. The molecule has 4 atom stereocenters. The number of aromatic nitrogens is 3. The Morgan fingerprint density at radius 2 is 1.85 bits per heavy atom. The van der Waals surface area contributed by atoms with Crippen molar-refractivity contribution < 1.29 is 22.5 Å². The molecule has 0 saturated heterocycles. The van der Waals surface area contributed by atoms with Crippen molar-refractivity contribution in [3.63, 3.8) is 0 Å². The number of carboxylic acid groups (broad SMARTS) is 1. The van der Waals surface area contributed by atoms with Crippen LogP contribution >= 0.6 is 0 Å². The molecule has 1 saturated carbocycles. The van der Waals surface area contributed by atoms with Gasteiger partial charge in [-0.25, -0.2) is 19.4 Å². The summed E-state index contributed by atoms with van der Waals surface area (Å²) >= 11 is 0. The summed E-state index contributed by atoms with van der Waals surface area (Å²) in [7, 11) is -4.14. The Labute approximate surface area is 226 Å². The van der Waals surface area contributed by atoms with Gasteiger partial charge in [-0.1, -0.05) is 42.5 Å². The van der Waals surface area contributed by atoms with Crippen LogP contribution < -0.4 is 10.5 Å². The molecule has 2 aliphatic carbocycles. The number of nitrogens with one attached hydrogen (secondary N) is 1. The van der Waals surface area contributed by atoms with Gasteiger partial charge in [0.1, 0.15) is 11.8 Å². The minimum atomic E-state index is -4.14. The predicted octanol–water partition coefficient (Wildman–Crippen LogP) is 4.02. The number of fused-ring (bicyclic) bond motifs is 2. The summed E-state index contributed by atoms with van der Waals surface area (Å²) < 4.78 is 30.0.